The molecule has 0 radical (unpaired) electrons. The molecule has 0 heterocycles. The maximum atomic E-state index is 11.8. The second-order valence-corrected chi connectivity index (χ2v) is 6.07. The van der Waals surface area contributed by atoms with Gasteiger partial charge in [0.05, 0.1) is 12.5 Å². The summed E-state index contributed by atoms with van der Waals surface area (Å²) in [6.45, 7) is 1.74. The SMILES string of the molecule is COC(=O)C12C3C4C1C1C2C3C41C(C)=O. The van der Waals surface area contributed by atoms with Crippen LogP contribution in [0, 0.1) is 46.3 Å². The highest BCUT2D eigenvalue weighted by Gasteiger charge is 3.12. The number of ketones is 1. The summed E-state index contributed by atoms with van der Waals surface area (Å²) < 4.78 is 4.93. The van der Waals surface area contributed by atoms with E-state index in [-0.39, 0.29) is 16.8 Å². The summed E-state index contributed by atoms with van der Waals surface area (Å²) in [5.41, 5.74) is 0.00171. The molecule has 0 aliphatic heterocycles. The molecular weight excluding hydrogens is 192 g/mol. The van der Waals surface area contributed by atoms with Crippen LogP contribution in [0.1, 0.15) is 6.92 Å². The lowest BCUT2D eigenvalue weighted by Crippen LogP contribution is -3.11. The Balaban J connectivity index is 1.59. The van der Waals surface area contributed by atoms with Crippen molar-refractivity contribution in [1.82, 2.24) is 0 Å². The molecular formula is C12H12O3. The molecule has 6 aliphatic carbocycles. The monoisotopic (exact) mass is 204 g/mol. The molecule has 6 rings (SSSR count). The van der Waals surface area contributed by atoms with Crippen molar-refractivity contribution in [2.75, 3.05) is 7.11 Å². The predicted octanol–water partition coefficient (Wildman–Crippen LogP) is 0.486. The average molecular weight is 204 g/mol. The lowest BCUT2D eigenvalue weighted by atomic mass is 8.92. The van der Waals surface area contributed by atoms with Crippen LogP contribution in [0.15, 0.2) is 0 Å². The molecule has 3 heteroatoms. The molecule has 15 heavy (non-hydrogen) atoms. The fourth-order valence-electron chi connectivity index (χ4n) is 6.82. The van der Waals surface area contributed by atoms with Gasteiger partial charge >= 0.3 is 5.97 Å². The van der Waals surface area contributed by atoms with Crippen molar-refractivity contribution in [2.45, 2.75) is 6.92 Å². The smallest absolute Gasteiger partial charge is 0.312 e. The van der Waals surface area contributed by atoms with Gasteiger partial charge < -0.3 is 4.74 Å². The van der Waals surface area contributed by atoms with E-state index in [0.717, 1.165) is 0 Å². The van der Waals surface area contributed by atoms with Crippen molar-refractivity contribution in [2.24, 2.45) is 46.3 Å². The van der Waals surface area contributed by atoms with Gasteiger partial charge in [-0.15, -0.1) is 0 Å². The van der Waals surface area contributed by atoms with E-state index in [1.165, 1.54) is 7.11 Å². The summed E-state index contributed by atoms with van der Waals surface area (Å²) in [5.74, 6) is 3.75. The molecule has 0 atom stereocenters. The molecule has 0 spiro atoms. The van der Waals surface area contributed by atoms with Crippen LogP contribution >= 0.6 is 0 Å². The molecule has 0 aromatic heterocycles. The zero-order valence-corrected chi connectivity index (χ0v) is 8.69. The van der Waals surface area contributed by atoms with E-state index in [0.29, 0.717) is 41.3 Å². The molecule has 0 amide bonds. The highest BCUT2D eigenvalue weighted by atomic mass is 16.5. The van der Waals surface area contributed by atoms with Crippen LogP contribution in [0.4, 0.5) is 0 Å². The highest BCUT2D eigenvalue weighted by Crippen LogP contribution is 3.10. The van der Waals surface area contributed by atoms with Gasteiger partial charge in [-0.05, 0) is 42.4 Å². The second-order valence-electron chi connectivity index (χ2n) is 6.07. The van der Waals surface area contributed by atoms with Crippen LogP contribution in [0.25, 0.3) is 0 Å². The number of Topliss-reactive ketones (excluding diaryl/α,β-unsaturated/α-hetero) is 1. The number of ether oxygens (including phenoxy) is 1. The first kappa shape index (κ1) is 7.42. The number of carbonyl (C=O) groups excluding carboxylic acids is 2. The maximum absolute atomic E-state index is 11.8. The third-order valence-corrected chi connectivity index (χ3v) is 6.78. The maximum Gasteiger partial charge on any atom is 0.312 e. The number of rotatable bonds is 2. The van der Waals surface area contributed by atoms with Crippen LogP contribution in [-0.2, 0) is 14.3 Å². The molecule has 6 aliphatic rings. The Morgan fingerprint density at radius 1 is 0.933 bits per heavy atom. The van der Waals surface area contributed by atoms with Gasteiger partial charge in [0, 0.05) is 5.41 Å². The minimum absolute atomic E-state index is 0.0168. The van der Waals surface area contributed by atoms with E-state index in [1.54, 1.807) is 6.92 Å². The van der Waals surface area contributed by atoms with E-state index < -0.39 is 0 Å². The van der Waals surface area contributed by atoms with Gasteiger partial charge in [0.25, 0.3) is 0 Å². The minimum Gasteiger partial charge on any atom is -0.469 e. The zero-order valence-electron chi connectivity index (χ0n) is 8.69. The standard InChI is InChI=1S/C12H12O3/c1-3(13)11-4-7-5(11)9-6(11)8(4)12(7,9)10(14)15-2/h4-9H,1-2H3. The largest absolute Gasteiger partial charge is 0.469 e. The number of carbonyl (C=O) groups is 2. The normalized spacial score (nSPS) is 72.4. The molecule has 0 saturated heterocycles. The average Bonchev–Trinajstić information content (AvgIpc) is 2.27. The van der Waals surface area contributed by atoms with Crippen molar-refractivity contribution in [1.29, 1.82) is 0 Å². The first-order valence-electron chi connectivity index (χ1n) is 5.75. The summed E-state index contributed by atoms with van der Waals surface area (Å²) in [5, 5.41) is 0. The lowest BCUT2D eigenvalue weighted by molar-refractivity contribution is -0.625. The Morgan fingerprint density at radius 3 is 1.67 bits per heavy atom. The van der Waals surface area contributed by atoms with Gasteiger partial charge in [-0.1, -0.05) is 0 Å². The van der Waals surface area contributed by atoms with Gasteiger partial charge in [0.2, 0.25) is 0 Å². The number of methoxy groups -OCH3 is 1. The minimum atomic E-state index is -0.0774. The van der Waals surface area contributed by atoms with E-state index in [2.05, 4.69) is 0 Å². The molecule has 0 N–H and O–H groups in total. The fourth-order valence-corrected chi connectivity index (χ4v) is 6.82. The van der Waals surface area contributed by atoms with Gasteiger partial charge in [-0.25, -0.2) is 0 Å². The molecule has 6 saturated carbocycles. The van der Waals surface area contributed by atoms with Gasteiger partial charge in [0.1, 0.15) is 5.78 Å². The first-order chi connectivity index (χ1) is 7.16. The second kappa shape index (κ2) is 1.48. The Hall–Kier alpha value is -0.860. The molecule has 6 fully saturated rings. The third kappa shape index (κ3) is 0.305. The third-order valence-electron chi connectivity index (χ3n) is 6.78. The van der Waals surface area contributed by atoms with Crippen LogP contribution in [-0.4, -0.2) is 18.9 Å². The van der Waals surface area contributed by atoms with Crippen LogP contribution < -0.4 is 0 Å². The van der Waals surface area contributed by atoms with Crippen LogP contribution in [0.3, 0.4) is 0 Å². The van der Waals surface area contributed by atoms with Gasteiger partial charge in [-0.2, -0.15) is 0 Å². The topological polar surface area (TPSA) is 43.4 Å². The van der Waals surface area contributed by atoms with Crippen LogP contribution in [0.5, 0.6) is 0 Å². The van der Waals surface area contributed by atoms with Gasteiger partial charge in [-0.3, -0.25) is 9.59 Å². The first-order valence-corrected chi connectivity index (χ1v) is 5.75. The molecule has 0 aromatic carbocycles. The van der Waals surface area contributed by atoms with Crippen LogP contribution in [0.2, 0.25) is 0 Å². The Morgan fingerprint density at radius 2 is 1.33 bits per heavy atom. The summed E-state index contributed by atoms with van der Waals surface area (Å²) in [6.07, 6.45) is 0. The van der Waals surface area contributed by atoms with Crippen molar-refractivity contribution < 1.29 is 14.3 Å². The molecule has 0 aromatic rings. The Bertz CT molecular complexity index is 410. The van der Waals surface area contributed by atoms with E-state index in [1.807, 2.05) is 0 Å². The number of esters is 1. The van der Waals surface area contributed by atoms with Crippen molar-refractivity contribution in [3.8, 4) is 0 Å². The summed E-state index contributed by atoms with van der Waals surface area (Å²) in [4.78, 5) is 23.4. The number of hydrogen-bond acceptors (Lipinski definition) is 3. The Labute approximate surface area is 87.2 Å². The summed E-state index contributed by atoms with van der Waals surface area (Å²) in [6, 6.07) is 0. The van der Waals surface area contributed by atoms with Gasteiger partial charge in [0.15, 0.2) is 0 Å². The highest BCUT2D eigenvalue weighted by molar-refractivity contribution is 5.98. The van der Waals surface area contributed by atoms with Crippen molar-refractivity contribution >= 4 is 11.8 Å². The van der Waals surface area contributed by atoms with Crippen molar-refractivity contribution in [3.05, 3.63) is 0 Å². The molecule has 0 unspecified atom stereocenters. The zero-order chi connectivity index (χ0) is 10.3. The Kier molecular flexibility index (Phi) is 0.733. The predicted molar refractivity (Wildman–Crippen MR) is 48.5 cm³/mol. The quantitative estimate of drug-likeness (QED) is 0.615. The van der Waals surface area contributed by atoms with E-state index in [4.69, 9.17) is 4.74 Å². The molecule has 78 valence electrons. The molecule has 3 nitrogen and oxygen atoms in total. The summed E-state index contributed by atoms with van der Waals surface area (Å²) >= 11 is 0. The fraction of sp³-hybridized carbons (Fsp3) is 0.833. The van der Waals surface area contributed by atoms with E-state index in [9.17, 15) is 9.59 Å². The molecule has 0 bridgehead atoms. The van der Waals surface area contributed by atoms with Crippen molar-refractivity contribution in [3.63, 3.8) is 0 Å². The summed E-state index contributed by atoms with van der Waals surface area (Å²) in [7, 11) is 1.49. The lowest BCUT2D eigenvalue weighted by Gasteiger charge is -3.09. The van der Waals surface area contributed by atoms with E-state index >= 15 is 0 Å². The number of hydrogen-bond donors (Lipinski definition) is 0.